The Balaban J connectivity index is 2.40. The standard InChI is InChI=1S/C15H20FN3/c1-3-11-19-14(9-10-18-19)15(17-4-2)12-7-5-6-8-13(12)16/h5-10,15,17H,3-4,11H2,1-2H3. The molecule has 0 radical (unpaired) electrons. The molecule has 3 nitrogen and oxygen atoms in total. The molecule has 1 aromatic heterocycles. The van der Waals surface area contributed by atoms with Gasteiger partial charge >= 0.3 is 0 Å². The fourth-order valence-corrected chi connectivity index (χ4v) is 2.27. The highest BCUT2D eigenvalue weighted by Crippen LogP contribution is 2.24. The lowest BCUT2D eigenvalue weighted by Crippen LogP contribution is -2.25. The minimum absolute atomic E-state index is 0.153. The second-order valence-electron chi connectivity index (χ2n) is 4.49. The first kappa shape index (κ1) is 13.7. The van der Waals surface area contributed by atoms with Crippen LogP contribution >= 0.6 is 0 Å². The Bertz CT molecular complexity index is 522. The molecule has 4 heteroatoms. The lowest BCUT2D eigenvalue weighted by Gasteiger charge is -2.20. The van der Waals surface area contributed by atoms with E-state index in [0.717, 1.165) is 25.2 Å². The van der Waals surface area contributed by atoms with Crippen molar-refractivity contribution in [2.24, 2.45) is 0 Å². The van der Waals surface area contributed by atoms with Gasteiger partial charge in [-0.05, 0) is 25.1 Å². The molecule has 0 fully saturated rings. The summed E-state index contributed by atoms with van der Waals surface area (Å²) in [7, 11) is 0. The van der Waals surface area contributed by atoms with Gasteiger partial charge in [-0.1, -0.05) is 32.0 Å². The van der Waals surface area contributed by atoms with E-state index >= 15 is 0 Å². The van der Waals surface area contributed by atoms with Crippen LogP contribution < -0.4 is 5.32 Å². The lowest BCUT2D eigenvalue weighted by atomic mass is 10.0. The summed E-state index contributed by atoms with van der Waals surface area (Å²) in [6.45, 7) is 5.75. The van der Waals surface area contributed by atoms with Crippen LogP contribution in [0.4, 0.5) is 4.39 Å². The number of nitrogens with one attached hydrogen (secondary N) is 1. The molecule has 1 N–H and O–H groups in total. The summed E-state index contributed by atoms with van der Waals surface area (Å²) in [6.07, 6.45) is 2.78. The topological polar surface area (TPSA) is 29.9 Å². The Labute approximate surface area is 113 Å². The number of benzene rings is 1. The highest BCUT2D eigenvalue weighted by molar-refractivity contribution is 5.29. The van der Waals surface area contributed by atoms with E-state index in [1.165, 1.54) is 6.07 Å². The molecule has 0 bridgehead atoms. The summed E-state index contributed by atoms with van der Waals surface area (Å²) in [4.78, 5) is 0. The zero-order valence-corrected chi connectivity index (χ0v) is 11.4. The average Bonchev–Trinajstić information content (AvgIpc) is 2.86. The van der Waals surface area contributed by atoms with Crippen molar-refractivity contribution < 1.29 is 4.39 Å². The van der Waals surface area contributed by atoms with Crippen molar-refractivity contribution >= 4 is 0 Å². The third-order valence-electron chi connectivity index (χ3n) is 3.11. The fourth-order valence-electron chi connectivity index (χ4n) is 2.27. The first-order chi connectivity index (χ1) is 9.27. The molecular weight excluding hydrogens is 241 g/mol. The van der Waals surface area contributed by atoms with Crippen LogP contribution in [-0.2, 0) is 6.54 Å². The van der Waals surface area contributed by atoms with Gasteiger partial charge in [0.2, 0.25) is 0 Å². The number of aromatic nitrogens is 2. The Morgan fingerprint density at radius 3 is 2.74 bits per heavy atom. The molecule has 2 rings (SSSR count). The predicted molar refractivity (Wildman–Crippen MR) is 74.4 cm³/mol. The van der Waals surface area contributed by atoms with Crippen molar-refractivity contribution in [3.05, 3.63) is 53.6 Å². The summed E-state index contributed by atoms with van der Waals surface area (Å²) in [5, 5.41) is 7.66. The van der Waals surface area contributed by atoms with E-state index < -0.39 is 0 Å². The van der Waals surface area contributed by atoms with Crippen LogP contribution in [-0.4, -0.2) is 16.3 Å². The van der Waals surface area contributed by atoms with Crippen molar-refractivity contribution in [1.82, 2.24) is 15.1 Å². The van der Waals surface area contributed by atoms with E-state index in [1.807, 2.05) is 29.8 Å². The molecule has 0 saturated heterocycles. The maximum Gasteiger partial charge on any atom is 0.128 e. The number of hydrogen-bond acceptors (Lipinski definition) is 2. The third-order valence-corrected chi connectivity index (χ3v) is 3.11. The number of aryl methyl sites for hydroxylation is 1. The van der Waals surface area contributed by atoms with Gasteiger partial charge in [0.15, 0.2) is 0 Å². The van der Waals surface area contributed by atoms with Crippen molar-refractivity contribution in [3.63, 3.8) is 0 Å². The summed E-state index contributed by atoms with van der Waals surface area (Å²) in [5.74, 6) is -0.183. The van der Waals surface area contributed by atoms with Gasteiger partial charge in [-0.25, -0.2) is 4.39 Å². The van der Waals surface area contributed by atoms with Crippen molar-refractivity contribution in [1.29, 1.82) is 0 Å². The van der Waals surface area contributed by atoms with E-state index in [2.05, 4.69) is 17.3 Å². The molecule has 0 amide bonds. The molecule has 0 aliphatic heterocycles. The SMILES string of the molecule is CCCn1nccc1C(NCC)c1ccccc1F. The van der Waals surface area contributed by atoms with Crippen LogP contribution in [0.1, 0.15) is 37.6 Å². The van der Waals surface area contributed by atoms with Crippen molar-refractivity contribution in [2.75, 3.05) is 6.54 Å². The monoisotopic (exact) mass is 261 g/mol. The Hall–Kier alpha value is -1.68. The first-order valence-electron chi connectivity index (χ1n) is 6.77. The maximum atomic E-state index is 14.0. The van der Waals surface area contributed by atoms with E-state index in [1.54, 1.807) is 12.3 Å². The summed E-state index contributed by atoms with van der Waals surface area (Å²) >= 11 is 0. The summed E-state index contributed by atoms with van der Waals surface area (Å²) < 4.78 is 15.9. The molecule has 19 heavy (non-hydrogen) atoms. The van der Waals surface area contributed by atoms with E-state index in [-0.39, 0.29) is 11.9 Å². The molecule has 102 valence electrons. The van der Waals surface area contributed by atoms with Gasteiger partial charge in [-0.3, -0.25) is 4.68 Å². The summed E-state index contributed by atoms with van der Waals surface area (Å²) in [5.41, 5.74) is 1.68. The predicted octanol–water partition coefficient (Wildman–Crippen LogP) is 3.13. The van der Waals surface area contributed by atoms with Gasteiger partial charge in [0.05, 0.1) is 11.7 Å². The zero-order valence-electron chi connectivity index (χ0n) is 11.4. The highest BCUT2D eigenvalue weighted by Gasteiger charge is 2.19. The minimum Gasteiger partial charge on any atom is -0.305 e. The number of halogens is 1. The van der Waals surface area contributed by atoms with Crippen LogP contribution in [0.3, 0.4) is 0 Å². The average molecular weight is 261 g/mol. The van der Waals surface area contributed by atoms with Gasteiger partial charge in [-0.2, -0.15) is 5.10 Å². The Morgan fingerprint density at radius 1 is 1.26 bits per heavy atom. The van der Waals surface area contributed by atoms with Gasteiger partial charge in [0, 0.05) is 18.3 Å². The molecule has 0 saturated carbocycles. The molecule has 1 unspecified atom stereocenters. The molecule has 1 atom stereocenters. The lowest BCUT2D eigenvalue weighted by molar-refractivity contribution is 0.502. The van der Waals surface area contributed by atoms with E-state index in [4.69, 9.17) is 0 Å². The van der Waals surface area contributed by atoms with Gasteiger partial charge in [0.25, 0.3) is 0 Å². The second-order valence-corrected chi connectivity index (χ2v) is 4.49. The van der Waals surface area contributed by atoms with E-state index in [9.17, 15) is 4.39 Å². The molecule has 0 aliphatic rings. The van der Waals surface area contributed by atoms with Gasteiger partial charge in [0.1, 0.15) is 5.82 Å². The van der Waals surface area contributed by atoms with Crippen molar-refractivity contribution in [2.45, 2.75) is 32.9 Å². The van der Waals surface area contributed by atoms with Crippen LogP contribution in [0.2, 0.25) is 0 Å². The smallest absolute Gasteiger partial charge is 0.128 e. The maximum absolute atomic E-state index is 14.0. The molecule has 0 aliphatic carbocycles. The number of hydrogen-bond donors (Lipinski definition) is 1. The molecule has 2 aromatic rings. The zero-order chi connectivity index (χ0) is 13.7. The molecular formula is C15H20FN3. The van der Waals surface area contributed by atoms with Gasteiger partial charge < -0.3 is 5.32 Å². The second kappa shape index (κ2) is 6.48. The molecule has 1 heterocycles. The minimum atomic E-state index is -0.183. The van der Waals surface area contributed by atoms with Crippen LogP contribution in [0.5, 0.6) is 0 Å². The first-order valence-corrected chi connectivity index (χ1v) is 6.77. The molecule has 0 spiro atoms. The largest absolute Gasteiger partial charge is 0.305 e. The van der Waals surface area contributed by atoms with Gasteiger partial charge in [-0.15, -0.1) is 0 Å². The number of nitrogens with zero attached hydrogens (tertiary/aromatic N) is 2. The Morgan fingerprint density at radius 2 is 2.05 bits per heavy atom. The highest BCUT2D eigenvalue weighted by atomic mass is 19.1. The quantitative estimate of drug-likeness (QED) is 0.865. The Kier molecular flexibility index (Phi) is 4.68. The third kappa shape index (κ3) is 3.01. The van der Waals surface area contributed by atoms with Crippen molar-refractivity contribution in [3.8, 4) is 0 Å². The molecule has 1 aromatic carbocycles. The normalized spacial score (nSPS) is 12.6. The van der Waals surface area contributed by atoms with Crippen LogP contribution in [0.15, 0.2) is 36.5 Å². The van der Waals surface area contributed by atoms with E-state index in [0.29, 0.717) is 5.56 Å². The fraction of sp³-hybridized carbons (Fsp3) is 0.400. The van der Waals surface area contributed by atoms with Crippen LogP contribution in [0, 0.1) is 5.82 Å². The summed E-state index contributed by atoms with van der Waals surface area (Å²) in [6, 6.07) is 8.70. The van der Waals surface area contributed by atoms with Crippen LogP contribution in [0.25, 0.3) is 0 Å². The number of rotatable bonds is 6.